The van der Waals surface area contributed by atoms with E-state index in [2.05, 4.69) is 79.7 Å². The van der Waals surface area contributed by atoms with Gasteiger partial charge in [-0.1, -0.05) is 20.8 Å². The summed E-state index contributed by atoms with van der Waals surface area (Å²) in [5.74, 6) is 4.88. The van der Waals surface area contributed by atoms with Gasteiger partial charge in [-0.05, 0) is 169 Å². The smallest absolute Gasteiger partial charge is 0.184 e. The van der Waals surface area contributed by atoms with Gasteiger partial charge in [0.2, 0.25) is 0 Å². The van der Waals surface area contributed by atoms with Crippen LogP contribution in [0.5, 0.6) is 0 Å². The van der Waals surface area contributed by atoms with E-state index >= 15 is 0 Å². The molecule has 0 N–H and O–H groups in total. The molecule has 0 aliphatic heterocycles. The standard InChI is InChI=1S/C33H66O3Si3/c1-24(14-13-21-34-37(4,5)6)27-15-16-28-31-29(18-20-33(27,28)3)32(2)19-17-26(35-38(7,8)9)22-25(32)23-30(31)36-39(10,11)12/h24-31H,13-23H2,1-12H3/t24?,25-,26+,27?,28?,29?,30+,31?,32?,33?/m0/s1. The molecule has 7 unspecified atom stereocenters. The molecular weight excluding hydrogens is 529 g/mol. The predicted octanol–water partition coefficient (Wildman–Crippen LogP) is 9.96. The van der Waals surface area contributed by atoms with Gasteiger partial charge in [-0.15, -0.1) is 0 Å². The van der Waals surface area contributed by atoms with Crippen LogP contribution in [-0.2, 0) is 13.3 Å². The zero-order valence-corrected chi connectivity index (χ0v) is 31.1. The zero-order chi connectivity index (χ0) is 29.0. The Hall–Kier alpha value is 0.531. The predicted molar refractivity (Wildman–Crippen MR) is 175 cm³/mol. The summed E-state index contributed by atoms with van der Waals surface area (Å²) in [7, 11) is -4.56. The van der Waals surface area contributed by atoms with Crippen LogP contribution in [0.1, 0.15) is 85.0 Å². The third kappa shape index (κ3) is 7.37. The van der Waals surface area contributed by atoms with Crippen LogP contribution in [0.15, 0.2) is 0 Å². The average Bonchev–Trinajstić information content (AvgIpc) is 3.12. The van der Waals surface area contributed by atoms with Crippen LogP contribution in [0, 0.1) is 46.3 Å². The van der Waals surface area contributed by atoms with Gasteiger partial charge < -0.3 is 13.3 Å². The van der Waals surface area contributed by atoms with E-state index in [9.17, 15) is 0 Å². The van der Waals surface area contributed by atoms with Crippen LogP contribution < -0.4 is 0 Å². The van der Waals surface area contributed by atoms with Gasteiger partial charge >= 0.3 is 0 Å². The molecule has 4 fully saturated rings. The van der Waals surface area contributed by atoms with E-state index in [1.807, 2.05) is 0 Å². The van der Waals surface area contributed by atoms with Crippen molar-refractivity contribution < 1.29 is 13.3 Å². The van der Waals surface area contributed by atoms with Crippen molar-refractivity contribution in [3.05, 3.63) is 0 Å². The second kappa shape index (κ2) is 11.6. The van der Waals surface area contributed by atoms with E-state index in [0.717, 1.165) is 42.1 Å². The Labute approximate surface area is 246 Å². The molecule has 0 radical (unpaired) electrons. The number of hydrogen-bond acceptors (Lipinski definition) is 3. The van der Waals surface area contributed by atoms with Crippen LogP contribution in [0.2, 0.25) is 58.9 Å². The summed E-state index contributed by atoms with van der Waals surface area (Å²) in [6.45, 7) is 30.3. The Kier molecular flexibility index (Phi) is 9.61. The van der Waals surface area contributed by atoms with Crippen LogP contribution in [0.25, 0.3) is 0 Å². The van der Waals surface area contributed by atoms with Crippen molar-refractivity contribution in [1.82, 2.24) is 0 Å². The van der Waals surface area contributed by atoms with Gasteiger partial charge in [-0.2, -0.15) is 0 Å². The topological polar surface area (TPSA) is 27.7 Å². The van der Waals surface area contributed by atoms with Crippen molar-refractivity contribution in [1.29, 1.82) is 0 Å². The minimum Gasteiger partial charge on any atom is -0.418 e. The first-order valence-electron chi connectivity index (χ1n) is 16.8. The van der Waals surface area contributed by atoms with Gasteiger partial charge in [0.25, 0.3) is 0 Å². The maximum Gasteiger partial charge on any atom is 0.184 e. The molecule has 6 heteroatoms. The molecule has 0 bridgehead atoms. The Balaban J connectivity index is 1.53. The SMILES string of the molecule is CC(CCCO[Si](C)(C)C)C1CCC2C3C(CCC12C)C1(C)CC[C@@H](O[Si](C)(C)C)C[C@H]1C[C@H]3O[Si](C)(C)C. The third-order valence-corrected chi connectivity index (χ3v) is 14.9. The summed E-state index contributed by atoms with van der Waals surface area (Å²) < 4.78 is 20.2. The Morgan fingerprint density at radius 2 is 1.33 bits per heavy atom. The first kappa shape index (κ1) is 32.4. The lowest BCUT2D eigenvalue weighted by Gasteiger charge is -2.64. The summed E-state index contributed by atoms with van der Waals surface area (Å²) in [6, 6.07) is 0. The maximum atomic E-state index is 7.23. The first-order valence-corrected chi connectivity index (χ1v) is 27.0. The fourth-order valence-corrected chi connectivity index (χ4v) is 13.4. The largest absolute Gasteiger partial charge is 0.418 e. The highest BCUT2D eigenvalue weighted by Gasteiger charge is 2.63. The second-order valence-electron chi connectivity index (χ2n) is 17.9. The molecule has 4 saturated carbocycles. The van der Waals surface area contributed by atoms with Crippen molar-refractivity contribution in [2.75, 3.05) is 6.61 Å². The number of hydrogen-bond donors (Lipinski definition) is 0. The average molecular weight is 595 g/mol. The van der Waals surface area contributed by atoms with E-state index in [-0.39, 0.29) is 0 Å². The van der Waals surface area contributed by atoms with Crippen LogP contribution in [-0.4, -0.2) is 43.8 Å². The number of rotatable bonds is 10. The molecule has 4 aliphatic carbocycles. The highest BCUT2D eigenvalue weighted by Crippen LogP contribution is 2.69. The zero-order valence-electron chi connectivity index (χ0n) is 28.1. The molecule has 0 aromatic carbocycles. The Morgan fingerprint density at radius 1 is 0.718 bits per heavy atom. The summed E-state index contributed by atoms with van der Waals surface area (Å²) in [5.41, 5.74) is 0.963. The van der Waals surface area contributed by atoms with Gasteiger partial charge in [-0.25, -0.2) is 0 Å². The lowest BCUT2D eigenvalue weighted by molar-refractivity contribution is -0.168. The molecule has 0 aromatic heterocycles. The van der Waals surface area contributed by atoms with Gasteiger partial charge in [0.1, 0.15) is 0 Å². The molecule has 0 spiro atoms. The van der Waals surface area contributed by atoms with Gasteiger partial charge in [-0.3, -0.25) is 0 Å². The molecule has 0 amide bonds. The molecule has 0 aromatic rings. The monoisotopic (exact) mass is 594 g/mol. The van der Waals surface area contributed by atoms with E-state index in [1.54, 1.807) is 0 Å². The minimum atomic E-state index is -1.64. The first-order chi connectivity index (χ1) is 17.8. The number of fused-ring (bicyclic) bond motifs is 5. The molecule has 3 nitrogen and oxygen atoms in total. The quantitative estimate of drug-likeness (QED) is 0.186. The van der Waals surface area contributed by atoms with Crippen molar-refractivity contribution in [3.8, 4) is 0 Å². The summed E-state index contributed by atoms with van der Waals surface area (Å²) in [6.07, 6.45) is 14.5. The fraction of sp³-hybridized carbons (Fsp3) is 1.00. The van der Waals surface area contributed by atoms with E-state index < -0.39 is 25.0 Å². The molecule has 39 heavy (non-hydrogen) atoms. The molecule has 228 valence electrons. The molecule has 4 rings (SSSR count). The van der Waals surface area contributed by atoms with Crippen LogP contribution in [0.3, 0.4) is 0 Å². The lowest BCUT2D eigenvalue weighted by atomic mass is 9.43. The van der Waals surface area contributed by atoms with Crippen LogP contribution in [0.4, 0.5) is 0 Å². The minimum absolute atomic E-state index is 0.467. The normalized spacial score (nSPS) is 42.0. The van der Waals surface area contributed by atoms with Crippen molar-refractivity contribution in [2.45, 2.75) is 156 Å². The Bertz CT molecular complexity index is 830. The Morgan fingerprint density at radius 3 is 1.95 bits per heavy atom. The summed E-state index contributed by atoms with van der Waals surface area (Å²) >= 11 is 0. The van der Waals surface area contributed by atoms with Crippen LogP contribution >= 0.6 is 0 Å². The fourth-order valence-electron chi connectivity index (χ4n) is 10.3. The van der Waals surface area contributed by atoms with E-state index in [4.69, 9.17) is 13.3 Å². The maximum absolute atomic E-state index is 7.23. The molecule has 0 heterocycles. The lowest BCUT2D eigenvalue weighted by Crippen LogP contribution is -2.60. The molecule has 0 saturated heterocycles. The van der Waals surface area contributed by atoms with Crippen molar-refractivity contribution in [2.24, 2.45) is 46.3 Å². The summed E-state index contributed by atoms with van der Waals surface area (Å²) in [4.78, 5) is 0. The van der Waals surface area contributed by atoms with Gasteiger partial charge in [0, 0.05) is 18.8 Å². The van der Waals surface area contributed by atoms with E-state index in [0.29, 0.717) is 23.0 Å². The molecular formula is C33H66O3Si3. The third-order valence-electron chi connectivity index (χ3n) is 11.7. The van der Waals surface area contributed by atoms with Crippen molar-refractivity contribution in [3.63, 3.8) is 0 Å². The van der Waals surface area contributed by atoms with Gasteiger partial charge in [0.05, 0.1) is 0 Å². The summed E-state index contributed by atoms with van der Waals surface area (Å²) in [5, 5.41) is 0. The molecule has 4 aliphatic rings. The van der Waals surface area contributed by atoms with Gasteiger partial charge in [0.15, 0.2) is 25.0 Å². The van der Waals surface area contributed by atoms with Crippen molar-refractivity contribution >= 4 is 25.0 Å². The highest BCUT2D eigenvalue weighted by molar-refractivity contribution is 6.70. The van der Waals surface area contributed by atoms with E-state index in [1.165, 1.54) is 64.2 Å². The highest BCUT2D eigenvalue weighted by atomic mass is 28.4. The molecule has 10 atom stereocenters. The second-order valence-corrected chi connectivity index (χ2v) is 31.4.